The van der Waals surface area contributed by atoms with E-state index in [2.05, 4.69) is 0 Å². The average Bonchev–Trinajstić information content (AvgIpc) is 2.60. The molecule has 0 aliphatic rings. The molecule has 0 aliphatic carbocycles. The standard InChI is InChI=1S/C19H19NO5/c1-4-25-19-11-14(7-10-18(19)24-3)6-9-17(21)15-8-5-13(2)16(12-15)20(22)23/h5-12H,4H2,1-3H3/b9-6+. The Morgan fingerprint density at radius 1 is 1.20 bits per heavy atom. The van der Waals surface area contributed by atoms with E-state index in [4.69, 9.17) is 9.47 Å². The van der Waals surface area contributed by atoms with Crippen LogP contribution >= 0.6 is 0 Å². The van der Waals surface area contributed by atoms with Crippen molar-refractivity contribution in [3.05, 3.63) is 69.3 Å². The van der Waals surface area contributed by atoms with Crippen molar-refractivity contribution >= 4 is 17.5 Å². The fraction of sp³-hybridized carbons (Fsp3) is 0.211. The molecule has 130 valence electrons. The zero-order valence-electron chi connectivity index (χ0n) is 14.3. The van der Waals surface area contributed by atoms with E-state index in [9.17, 15) is 14.9 Å². The fourth-order valence-electron chi connectivity index (χ4n) is 2.29. The molecule has 0 bridgehead atoms. The second-order valence-electron chi connectivity index (χ2n) is 5.30. The van der Waals surface area contributed by atoms with Crippen LogP contribution in [0.4, 0.5) is 5.69 Å². The highest BCUT2D eigenvalue weighted by atomic mass is 16.6. The summed E-state index contributed by atoms with van der Waals surface area (Å²) in [5.74, 6) is 0.891. The topological polar surface area (TPSA) is 78.7 Å². The van der Waals surface area contributed by atoms with E-state index in [1.54, 1.807) is 50.4 Å². The second kappa shape index (κ2) is 8.10. The normalized spacial score (nSPS) is 10.7. The van der Waals surface area contributed by atoms with Gasteiger partial charge in [0.1, 0.15) is 0 Å². The van der Waals surface area contributed by atoms with E-state index < -0.39 is 4.92 Å². The molecule has 0 radical (unpaired) electrons. The van der Waals surface area contributed by atoms with Crippen LogP contribution in [0.1, 0.15) is 28.4 Å². The Labute approximate surface area is 145 Å². The Balaban J connectivity index is 2.24. The van der Waals surface area contributed by atoms with Crippen LogP contribution in [-0.4, -0.2) is 24.4 Å². The Morgan fingerprint density at radius 3 is 2.60 bits per heavy atom. The lowest BCUT2D eigenvalue weighted by Gasteiger charge is -2.09. The number of nitrogens with zero attached hydrogens (tertiary/aromatic N) is 1. The zero-order valence-corrected chi connectivity index (χ0v) is 14.3. The molecule has 25 heavy (non-hydrogen) atoms. The van der Waals surface area contributed by atoms with Gasteiger partial charge in [-0.25, -0.2) is 0 Å². The van der Waals surface area contributed by atoms with E-state index in [-0.39, 0.29) is 17.0 Å². The second-order valence-corrected chi connectivity index (χ2v) is 5.30. The van der Waals surface area contributed by atoms with Gasteiger partial charge in [0, 0.05) is 17.2 Å². The van der Waals surface area contributed by atoms with Gasteiger partial charge in [-0.2, -0.15) is 0 Å². The van der Waals surface area contributed by atoms with Crippen LogP contribution in [0.25, 0.3) is 6.08 Å². The smallest absolute Gasteiger partial charge is 0.273 e. The first kappa shape index (κ1) is 18.2. The van der Waals surface area contributed by atoms with Crippen molar-refractivity contribution < 1.29 is 19.2 Å². The highest BCUT2D eigenvalue weighted by molar-refractivity contribution is 6.07. The number of ketones is 1. The number of ether oxygens (including phenoxy) is 2. The lowest BCUT2D eigenvalue weighted by molar-refractivity contribution is -0.385. The van der Waals surface area contributed by atoms with E-state index in [0.717, 1.165) is 5.56 Å². The number of hydrogen-bond acceptors (Lipinski definition) is 5. The summed E-state index contributed by atoms with van der Waals surface area (Å²) in [5, 5.41) is 11.0. The maximum Gasteiger partial charge on any atom is 0.273 e. The molecule has 0 saturated heterocycles. The molecule has 2 aromatic rings. The molecule has 0 atom stereocenters. The Bertz CT molecular complexity index is 827. The van der Waals surface area contributed by atoms with Crippen molar-refractivity contribution in [2.75, 3.05) is 13.7 Å². The molecular formula is C19H19NO5. The molecule has 0 aromatic heterocycles. The van der Waals surface area contributed by atoms with Crippen molar-refractivity contribution in [3.8, 4) is 11.5 Å². The maximum atomic E-state index is 12.3. The number of nitro groups is 1. The van der Waals surface area contributed by atoms with E-state index in [1.807, 2.05) is 6.92 Å². The average molecular weight is 341 g/mol. The van der Waals surface area contributed by atoms with Gasteiger partial charge in [0.25, 0.3) is 5.69 Å². The SMILES string of the molecule is CCOc1cc(/C=C/C(=O)c2ccc(C)c([N+](=O)[O-])c2)ccc1OC. The number of allylic oxidation sites excluding steroid dienone is 1. The van der Waals surface area contributed by atoms with Gasteiger partial charge in [-0.1, -0.05) is 24.3 Å². The number of carbonyl (C=O) groups is 1. The van der Waals surface area contributed by atoms with Crippen LogP contribution in [0.5, 0.6) is 11.5 Å². The number of aryl methyl sites for hydroxylation is 1. The largest absolute Gasteiger partial charge is 0.493 e. The van der Waals surface area contributed by atoms with Crippen molar-refractivity contribution in [2.45, 2.75) is 13.8 Å². The molecule has 0 heterocycles. The zero-order chi connectivity index (χ0) is 18.4. The highest BCUT2D eigenvalue weighted by Crippen LogP contribution is 2.28. The number of methoxy groups -OCH3 is 1. The third-order valence-electron chi connectivity index (χ3n) is 3.61. The van der Waals surface area contributed by atoms with Crippen LogP contribution < -0.4 is 9.47 Å². The van der Waals surface area contributed by atoms with Crippen molar-refractivity contribution in [2.24, 2.45) is 0 Å². The van der Waals surface area contributed by atoms with Gasteiger partial charge >= 0.3 is 0 Å². The summed E-state index contributed by atoms with van der Waals surface area (Å²) in [6.45, 7) is 4.00. The lowest BCUT2D eigenvalue weighted by atomic mass is 10.1. The molecule has 2 aromatic carbocycles. The first-order valence-corrected chi connectivity index (χ1v) is 7.74. The maximum absolute atomic E-state index is 12.3. The van der Waals surface area contributed by atoms with Gasteiger partial charge in [0.05, 0.1) is 18.6 Å². The van der Waals surface area contributed by atoms with E-state index in [0.29, 0.717) is 23.7 Å². The predicted molar refractivity (Wildman–Crippen MR) is 95.4 cm³/mol. The summed E-state index contributed by atoms with van der Waals surface area (Å²) in [4.78, 5) is 22.8. The predicted octanol–water partition coefficient (Wildman–Crippen LogP) is 4.21. The fourth-order valence-corrected chi connectivity index (χ4v) is 2.29. The highest BCUT2D eigenvalue weighted by Gasteiger charge is 2.13. The first-order chi connectivity index (χ1) is 12.0. The summed E-state index contributed by atoms with van der Waals surface area (Å²) in [6.07, 6.45) is 3.02. The summed E-state index contributed by atoms with van der Waals surface area (Å²) >= 11 is 0. The quantitative estimate of drug-likeness (QED) is 0.326. The number of nitro benzene ring substituents is 1. The molecule has 2 rings (SSSR count). The Morgan fingerprint density at radius 2 is 1.96 bits per heavy atom. The van der Waals surface area contributed by atoms with Gasteiger partial charge in [0.2, 0.25) is 0 Å². The van der Waals surface area contributed by atoms with Gasteiger partial charge in [0.15, 0.2) is 17.3 Å². The van der Waals surface area contributed by atoms with Crippen LogP contribution in [0, 0.1) is 17.0 Å². The number of benzene rings is 2. The van der Waals surface area contributed by atoms with Crippen LogP contribution in [-0.2, 0) is 0 Å². The van der Waals surface area contributed by atoms with Gasteiger partial charge in [-0.15, -0.1) is 0 Å². The number of hydrogen-bond donors (Lipinski definition) is 0. The molecule has 6 heteroatoms. The van der Waals surface area contributed by atoms with E-state index in [1.165, 1.54) is 12.1 Å². The molecule has 0 saturated carbocycles. The minimum atomic E-state index is -0.492. The van der Waals surface area contributed by atoms with Gasteiger partial charge in [-0.3, -0.25) is 14.9 Å². The third kappa shape index (κ3) is 4.44. The van der Waals surface area contributed by atoms with Crippen molar-refractivity contribution in [1.82, 2.24) is 0 Å². The summed E-state index contributed by atoms with van der Waals surface area (Å²) in [7, 11) is 1.56. The van der Waals surface area contributed by atoms with Crippen LogP contribution in [0.15, 0.2) is 42.5 Å². The minimum absolute atomic E-state index is 0.0673. The number of rotatable bonds is 7. The summed E-state index contributed by atoms with van der Waals surface area (Å²) < 4.78 is 10.7. The van der Waals surface area contributed by atoms with Crippen molar-refractivity contribution in [1.29, 1.82) is 0 Å². The molecule has 0 amide bonds. The third-order valence-corrected chi connectivity index (χ3v) is 3.61. The van der Waals surface area contributed by atoms with Gasteiger partial charge < -0.3 is 9.47 Å². The molecule has 0 spiro atoms. The first-order valence-electron chi connectivity index (χ1n) is 7.74. The molecular weight excluding hydrogens is 322 g/mol. The van der Waals surface area contributed by atoms with Crippen molar-refractivity contribution in [3.63, 3.8) is 0 Å². The lowest BCUT2D eigenvalue weighted by Crippen LogP contribution is -1.98. The monoisotopic (exact) mass is 341 g/mol. The molecule has 6 nitrogen and oxygen atoms in total. The number of carbonyl (C=O) groups excluding carboxylic acids is 1. The summed E-state index contributed by atoms with van der Waals surface area (Å²) in [6, 6.07) is 9.76. The Kier molecular flexibility index (Phi) is 5.89. The van der Waals surface area contributed by atoms with E-state index >= 15 is 0 Å². The molecule has 0 unspecified atom stereocenters. The van der Waals surface area contributed by atoms with Crippen LogP contribution in [0.3, 0.4) is 0 Å². The molecule has 0 fully saturated rings. The van der Waals surface area contributed by atoms with Crippen LogP contribution in [0.2, 0.25) is 0 Å². The molecule has 0 N–H and O–H groups in total. The Hall–Kier alpha value is -3.15. The minimum Gasteiger partial charge on any atom is -0.493 e. The van der Waals surface area contributed by atoms with Gasteiger partial charge in [-0.05, 0) is 37.6 Å². The summed E-state index contributed by atoms with van der Waals surface area (Å²) in [5.41, 5.74) is 1.48. The molecule has 0 aliphatic heterocycles.